The van der Waals surface area contributed by atoms with Crippen LogP contribution in [-0.4, -0.2) is 20.9 Å². The van der Waals surface area contributed by atoms with Crippen LogP contribution in [0.4, 0.5) is 5.82 Å². The largest absolute Gasteiger partial charge is 0.480 e. The van der Waals surface area contributed by atoms with Gasteiger partial charge in [0, 0.05) is 0 Å². The Morgan fingerprint density at radius 3 is 3.00 bits per heavy atom. The third-order valence-electron chi connectivity index (χ3n) is 1.29. The molecule has 3 N–H and O–H groups in total. The highest BCUT2D eigenvalue weighted by molar-refractivity contribution is 5.67. The van der Waals surface area contributed by atoms with Crippen LogP contribution in [0.15, 0.2) is 6.20 Å². The van der Waals surface area contributed by atoms with Crippen LogP contribution >= 0.6 is 0 Å². The van der Waals surface area contributed by atoms with Crippen molar-refractivity contribution in [2.45, 2.75) is 6.54 Å². The molecule has 0 radical (unpaired) electrons. The number of nitrogens with zero attached hydrogens (tertiary/aromatic N) is 3. The van der Waals surface area contributed by atoms with E-state index in [9.17, 15) is 4.79 Å². The fraction of sp³-hybridized carbons (Fsp3) is 0.167. The van der Waals surface area contributed by atoms with Crippen LogP contribution in [0, 0.1) is 11.3 Å². The van der Waals surface area contributed by atoms with E-state index in [4.69, 9.17) is 16.1 Å². The topological polar surface area (TPSA) is 105 Å². The second kappa shape index (κ2) is 2.92. The Labute approximate surface area is 67.8 Å². The van der Waals surface area contributed by atoms with Crippen molar-refractivity contribution in [2.75, 3.05) is 5.73 Å². The van der Waals surface area contributed by atoms with Crippen molar-refractivity contribution >= 4 is 11.8 Å². The average molecular weight is 166 g/mol. The SMILES string of the molecule is N#Cc1cnn(CC(=O)O)c1N. The van der Waals surface area contributed by atoms with E-state index in [2.05, 4.69) is 5.10 Å². The first-order valence-corrected chi connectivity index (χ1v) is 3.08. The molecule has 0 aliphatic heterocycles. The summed E-state index contributed by atoms with van der Waals surface area (Å²) < 4.78 is 1.06. The lowest BCUT2D eigenvalue weighted by Crippen LogP contribution is -2.12. The van der Waals surface area contributed by atoms with Crippen molar-refractivity contribution < 1.29 is 9.90 Å². The minimum absolute atomic E-state index is 0.0832. The number of carboxylic acid groups (broad SMARTS) is 1. The molecule has 0 saturated carbocycles. The van der Waals surface area contributed by atoms with Gasteiger partial charge in [0.05, 0.1) is 6.20 Å². The molecule has 1 heterocycles. The molecule has 62 valence electrons. The number of anilines is 1. The summed E-state index contributed by atoms with van der Waals surface area (Å²) in [6.07, 6.45) is 1.23. The number of hydrogen-bond donors (Lipinski definition) is 2. The molecule has 6 nitrogen and oxygen atoms in total. The molecule has 1 rings (SSSR count). The summed E-state index contributed by atoms with van der Waals surface area (Å²) in [6, 6.07) is 1.79. The molecule has 0 saturated heterocycles. The summed E-state index contributed by atoms with van der Waals surface area (Å²) >= 11 is 0. The molecule has 12 heavy (non-hydrogen) atoms. The molecule has 0 unspecified atom stereocenters. The van der Waals surface area contributed by atoms with Crippen LogP contribution in [0.1, 0.15) is 5.56 Å². The molecule has 0 aliphatic carbocycles. The Morgan fingerprint density at radius 2 is 2.58 bits per heavy atom. The van der Waals surface area contributed by atoms with E-state index in [1.165, 1.54) is 6.20 Å². The summed E-state index contributed by atoms with van der Waals surface area (Å²) in [4.78, 5) is 10.2. The predicted molar refractivity (Wildman–Crippen MR) is 39.0 cm³/mol. The van der Waals surface area contributed by atoms with E-state index >= 15 is 0 Å². The van der Waals surface area contributed by atoms with E-state index in [1.807, 2.05) is 0 Å². The normalized spacial score (nSPS) is 9.25. The highest BCUT2D eigenvalue weighted by Gasteiger charge is 2.08. The van der Waals surface area contributed by atoms with Crippen molar-refractivity contribution in [3.8, 4) is 6.07 Å². The van der Waals surface area contributed by atoms with Gasteiger partial charge in [-0.1, -0.05) is 0 Å². The van der Waals surface area contributed by atoms with Crippen LogP contribution < -0.4 is 5.73 Å². The van der Waals surface area contributed by atoms with Gasteiger partial charge in [0.1, 0.15) is 24.0 Å². The van der Waals surface area contributed by atoms with E-state index in [-0.39, 0.29) is 17.9 Å². The molecule has 0 spiro atoms. The lowest BCUT2D eigenvalue weighted by molar-refractivity contribution is -0.137. The number of nitriles is 1. The van der Waals surface area contributed by atoms with Gasteiger partial charge in [-0.15, -0.1) is 0 Å². The summed E-state index contributed by atoms with van der Waals surface area (Å²) in [5.41, 5.74) is 5.57. The second-order valence-corrected chi connectivity index (χ2v) is 2.11. The third kappa shape index (κ3) is 1.34. The lowest BCUT2D eigenvalue weighted by atomic mass is 10.4. The summed E-state index contributed by atoms with van der Waals surface area (Å²) in [5, 5.41) is 20.4. The maximum Gasteiger partial charge on any atom is 0.325 e. The standard InChI is InChI=1S/C6H6N4O2/c7-1-4-2-9-10(6(4)8)3-5(11)12/h2H,3,8H2,(H,11,12). The van der Waals surface area contributed by atoms with Gasteiger partial charge >= 0.3 is 5.97 Å². The number of carbonyl (C=O) groups is 1. The van der Waals surface area contributed by atoms with Gasteiger partial charge in [-0.05, 0) is 0 Å². The quantitative estimate of drug-likeness (QED) is 0.611. The zero-order chi connectivity index (χ0) is 9.14. The van der Waals surface area contributed by atoms with E-state index < -0.39 is 5.97 Å². The minimum Gasteiger partial charge on any atom is -0.480 e. The Kier molecular flexibility index (Phi) is 1.96. The zero-order valence-corrected chi connectivity index (χ0v) is 6.06. The van der Waals surface area contributed by atoms with E-state index in [0.29, 0.717) is 0 Å². The molecule has 0 fully saturated rings. The van der Waals surface area contributed by atoms with Crippen LogP contribution in [0.25, 0.3) is 0 Å². The Morgan fingerprint density at radius 1 is 1.92 bits per heavy atom. The van der Waals surface area contributed by atoms with E-state index in [0.717, 1.165) is 4.68 Å². The van der Waals surface area contributed by atoms with Crippen molar-refractivity contribution in [3.05, 3.63) is 11.8 Å². The highest BCUT2D eigenvalue weighted by atomic mass is 16.4. The molecule has 1 aromatic rings. The zero-order valence-electron chi connectivity index (χ0n) is 6.06. The Bertz CT molecular complexity index is 349. The molecule has 0 atom stereocenters. The first-order chi connectivity index (χ1) is 5.65. The highest BCUT2D eigenvalue weighted by Crippen LogP contribution is 2.08. The Hall–Kier alpha value is -2.03. The molecule has 6 heteroatoms. The number of carboxylic acids is 1. The lowest BCUT2D eigenvalue weighted by Gasteiger charge is -1.97. The summed E-state index contributed by atoms with van der Waals surface area (Å²) in [5.74, 6) is -0.964. The third-order valence-corrected chi connectivity index (χ3v) is 1.29. The fourth-order valence-corrected chi connectivity index (χ4v) is 0.735. The van der Waals surface area contributed by atoms with Gasteiger partial charge in [0.2, 0.25) is 0 Å². The Balaban J connectivity index is 2.96. The van der Waals surface area contributed by atoms with Gasteiger partial charge < -0.3 is 10.8 Å². The second-order valence-electron chi connectivity index (χ2n) is 2.11. The summed E-state index contributed by atoms with van der Waals surface area (Å²) in [7, 11) is 0. The van der Waals surface area contributed by atoms with E-state index in [1.54, 1.807) is 6.07 Å². The van der Waals surface area contributed by atoms with Gasteiger partial charge in [0.15, 0.2) is 0 Å². The van der Waals surface area contributed by atoms with Gasteiger partial charge in [-0.3, -0.25) is 4.79 Å². The maximum atomic E-state index is 10.2. The average Bonchev–Trinajstić information content (AvgIpc) is 2.32. The number of aliphatic carboxylic acids is 1. The smallest absolute Gasteiger partial charge is 0.325 e. The minimum atomic E-state index is -1.05. The number of aromatic nitrogens is 2. The predicted octanol–water partition coefficient (Wildman–Crippen LogP) is -0.578. The fourth-order valence-electron chi connectivity index (χ4n) is 0.735. The van der Waals surface area contributed by atoms with Crippen LogP contribution in [-0.2, 0) is 11.3 Å². The number of nitrogen functional groups attached to an aromatic ring is 1. The first-order valence-electron chi connectivity index (χ1n) is 3.08. The maximum absolute atomic E-state index is 10.2. The van der Waals surface area contributed by atoms with Gasteiger partial charge in [-0.2, -0.15) is 10.4 Å². The van der Waals surface area contributed by atoms with Crippen molar-refractivity contribution in [1.29, 1.82) is 5.26 Å². The van der Waals surface area contributed by atoms with Crippen molar-refractivity contribution in [3.63, 3.8) is 0 Å². The number of nitrogens with two attached hydrogens (primary N) is 1. The molecular weight excluding hydrogens is 160 g/mol. The van der Waals surface area contributed by atoms with Crippen LogP contribution in [0.2, 0.25) is 0 Å². The monoisotopic (exact) mass is 166 g/mol. The molecule has 0 aliphatic rings. The number of rotatable bonds is 2. The molecular formula is C6H6N4O2. The molecule has 1 aromatic heterocycles. The molecule has 0 amide bonds. The first kappa shape index (κ1) is 8.07. The van der Waals surface area contributed by atoms with Crippen LogP contribution in [0.3, 0.4) is 0 Å². The van der Waals surface area contributed by atoms with Gasteiger partial charge in [-0.25, -0.2) is 4.68 Å². The van der Waals surface area contributed by atoms with Crippen LogP contribution in [0.5, 0.6) is 0 Å². The van der Waals surface area contributed by atoms with Crippen molar-refractivity contribution in [2.24, 2.45) is 0 Å². The number of hydrogen-bond acceptors (Lipinski definition) is 4. The molecule has 0 aromatic carbocycles. The van der Waals surface area contributed by atoms with Crippen molar-refractivity contribution in [1.82, 2.24) is 9.78 Å². The summed E-state index contributed by atoms with van der Waals surface area (Å²) in [6.45, 7) is -0.326. The molecule has 0 bridgehead atoms. The van der Waals surface area contributed by atoms with Gasteiger partial charge in [0.25, 0.3) is 0 Å².